The van der Waals surface area contributed by atoms with Gasteiger partial charge in [-0.1, -0.05) is 0 Å². The van der Waals surface area contributed by atoms with Gasteiger partial charge in [-0.2, -0.15) is 0 Å². The van der Waals surface area contributed by atoms with Gasteiger partial charge in [-0.15, -0.1) is 0 Å². The van der Waals surface area contributed by atoms with E-state index in [1.165, 1.54) is 0 Å². The SMILES string of the molecule is B[C@@H]1O[C@H](CO)C(OC)C1OCCOC. The Morgan fingerprint density at radius 2 is 2.00 bits per heavy atom. The highest BCUT2D eigenvalue weighted by Gasteiger charge is 2.42. The summed E-state index contributed by atoms with van der Waals surface area (Å²) in [7, 11) is 5.14. The molecular weight excluding hydrogens is 199 g/mol. The summed E-state index contributed by atoms with van der Waals surface area (Å²) in [5, 5.41) is 9.09. The van der Waals surface area contributed by atoms with Crippen molar-refractivity contribution in [1.82, 2.24) is 0 Å². The lowest BCUT2D eigenvalue weighted by Crippen LogP contribution is -2.38. The van der Waals surface area contributed by atoms with Gasteiger partial charge < -0.3 is 24.1 Å². The van der Waals surface area contributed by atoms with E-state index in [1.807, 2.05) is 7.85 Å². The Morgan fingerprint density at radius 1 is 1.27 bits per heavy atom. The van der Waals surface area contributed by atoms with Crippen molar-refractivity contribution < 1.29 is 24.1 Å². The molecular formula is C9H19BO5. The van der Waals surface area contributed by atoms with Crippen LogP contribution in [-0.4, -0.2) is 71.3 Å². The molecule has 5 nitrogen and oxygen atoms in total. The van der Waals surface area contributed by atoms with Gasteiger partial charge in [0.05, 0.1) is 25.8 Å². The van der Waals surface area contributed by atoms with E-state index in [4.69, 9.17) is 24.1 Å². The monoisotopic (exact) mass is 218 g/mol. The van der Waals surface area contributed by atoms with E-state index in [9.17, 15) is 0 Å². The smallest absolute Gasteiger partial charge is 0.142 e. The summed E-state index contributed by atoms with van der Waals surface area (Å²) in [6.07, 6.45) is -0.637. The van der Waals surface area contributed by atoms with Gasteiger partial charge in [0, 0.05) is 14.2 Å². The molecule has 88 valence electrons. The highest BCUT2D eigenvalue weighted by Crippen LogP contribution is 2.24. The second-order valence-corrected chi connectivity index (χ2v) is 3.59. The molecule has 2 unspecified atom stereocenters. The molecule has 0 radical (unpaired) electrons. The Kier molecular flexibility index (Phi) is 5.56. The molecule has 0 spiro atoms. The summed E-state index contributed by atoms with van der Waals surface area (Å²) < 4.78 is 21.3. The van der Waals surface area contributed by atoms with E-state index in [0.29, 0.717) is 13.2 Å². The number of methoxy groups -OCH3 is 2. The first kappa shape index (κ1) is 12.9. The third-order valence-corrected chi connectivity index (χ3v) is 2.59. The molecule has 0 aliphatic carbocycles. The third kappa shape index (κ3) is 3.16. The van der Waals surface area contributed by atoms with Gasteiger partial charge >= 0.3 is 0 Å². The molecule has 0 saturated carbocycles. The summed E-state index contributed by atoms with van der Waals surface area (Å²) in [4.78, 5) is 0. The first-order valence-corrected chi connectivity index (χ1v) is 5.14. The van der Waals surface area contributed by atoms with Gasteiger partial charge in [-0.05, 0) is 0 Å². The molecule has 4 atom stereocenters. The summed E-state index contributed by atoms with van der Waals surface area (Å²) in [6.45, 7) is 1.00. The summed E-state index contributed by atoms with van der Waals surface area (Å²) in [5.74, 6) is 0. The summed E-state index contributed by atoms with van der Waals surface area (Å²) in [6, 6.07) is -0.0658. The molecule has 1 saturated heterocycles. The second kappa shape index (κ2) is 6.45. The number of aliphatic hydroxyl groups excluding tert-OH is 1. The molecule has 1 aliphatic heterocycles. The van der Waals surface area contributed by atoms with Crippen LogP contribution in [0.15, 0.2) is 0 Å². The van der Waals surface area contributed by atoms with Gasteiger partial charge in [0.1, 0.15) is 26.2 Å². The molecule has 1 N–H and O–H groups in total. The van der Waals surface area contributed by atoms with Crippen molar-refractivity contribution in [1.29, 1.82) is 0 Å². The Balaban J connectivity index is 2.45. The average molecular weight is 218 g/mol. The Hall–Kier alpha value is -0.135. The van der Waals surface area contributed by atoms with Crippen molar-refractivity contribution in [2.45, 2.75) is 24.3 Å². The Labute approximate surface area is 91.1 Å². The van der Waals surface area contributed by atoms with Gasteiger partial charge in [-0.25, -0.2) is 0 Å². The molecule has 0 amide bonds. The van der Waals surface area contributed by atoms with E-state index >= 15 is 0 Å². The van der Waals surface area contributed by atoms with E-state index in [2.05, 4.69) is 0 Å². The zero-order chi connectivity index (χ0) is 11.3. The number of ether oxygens (including phenoxy) is 4. The van der Waals surface area contributed by atoms with Crippen LogP contribution in [0.4, 0.5) is 0 Å². The van der Waals surface area contributed by atoms with Crippen LogP contribution in [0.2, 0.25) is 0 Å². The van der Waals surface area contributed by atoms with Crippen LogP contribution >= 0.6 is 0 Å². The van der Waals surface area contributed by atoms with Crippen molar-refractivity contribution in [3.63, 3.8) is 0 Å². The topological polar surface area (TPSA) is 57.2 Å². The quantitative estimate of drug-likeness (QED) is 0.429. The van der Waals surface area contributed by atoms with Crippen molar-refractivity contribution in [3.8, 4) is 0 Å². The lowest BCUT2D eigenvalue weighted by Gasteiger charge is -2.21. The Morgan fingerprint density at radius 3 is 2.53 bits per heavy atom. The Bertz CT molecular complexity index is 180. The zero-order valence-corrected chi connectivity index (χ0v) is 9.51. The predicted molar refractivity (Wildman–Crippen MR) is 56.7 cm³/mol. The van der Waals surface area contributed by atoms with Crippen LogP contribution in [0.3, 0.4) is 0 Å². The lowest BCUT2D eigenvalue weighted by molar-refractivity contribution is -0.0599. The fourth-order valence-electron chi connectivity index (χ4n) is 1.84. The largest absolute Gasteiger partial charge is 0.394 e. The van der Waals surface area contributed by atoms with Crippen molar-refractivity contribution >= 4 is 7.85 Å². The maximum atomic E-state index is 9.09. The van der Waals surface area contributed by atoms with Crippen LogP contribution in [0, 0.1) is 0 Å². The molecule has 15 heavy (non-hydrogen) atoms. The predicted octanol–water partition coefficient (Wildman–Crippen LogP) is -1.62. The second-order valence-electron chi connectivity index (χ2n) is 3.59. The van der Waals surface area contributed by atoms with Crippen molar-refractivity contribution in [2.24, 2.45) is 0 Å². The van der Waals surface area contributed by atoms with Gasteiger partial charge in [0.2, 0.25) is 0 Å². The minimum absolute atomic E-state index is 0.0486. The lowest BCUT2D eigenvalue weighted by atomic mass is 9.93. The number of hydrogen-bond acceptors (Lipinski definition) is 5. The van der Waals surface area contributed by atoms with Crippen LogP contribution < -0.4 is 0 Å². The number of hydrogen-bond donors (Lipinski definition) is 1. The molecule has 1 heterocycles. The molecule has 6 heteroatoms. The van der Waals surface area contributed by atoms with Crippen LogP contribution in [-0.2, 0) is 18.9 Å². The highest BCUT2D eigenvalue weighted by molar-refractivity contribution is 6.11. The van der Waals surface area contributed by atoms with Crippen molar-refractivity contribution in [2.75, 3.05) is 34.0 Å². The fraction of sp³-hybridized carbons (Fsp3) is 1.00. The third-order valence-electron chi connectivity index (χ3n) is 2.59. The minimum Gasteiger partial charge on any atom is -0.394 e. The first-order valence-electron chi connectivity index (χ1n) is 5.14. The van der Waals surface area contributed by atoms with E-state index in [-0.39, 0.29) is 30.9 Å². The van der Waals surface area contributed by atoms with E-state index in [0.717, 1.165) is 0 Å². The van der Waals surface area contributed by atoms with E-state index < -0.39 is 0 Å². The normalized spacial score (nSPS) is 35.9. The standard InChI is InChI=1S/C9H19BO5/c1-12-3-4-14-8-7(13-2)6(5-11)15-9(8)10/h6-9,11H,3-5,10H2,1-2H3/t6-,7?,8?,9-/m1/s1. The van der Waals surface area contributed by atoms with Gasteiger partial charge in [0.25, 0.3) is 0 Å². The first-order chi connectivity index (χ1) is 7.24. The van der Waals surface area contributed by atoms with Crippen LogP contribution in [0.25, 0.3) is 0 Å². The minimum atomic E-state index is -0.294. The average Bonchev–Trinajstić information content (AvgIpc) is 2.55. The molecule has 1 rings (SSSR count). The summed E-state index contributed by atoms with van der Waals surface area (Å²) in [5.41, 5.74) is 0. The molecule has 0 aromatic carbocycles. The van der Waals surface area contributed by atoms with E-state index in [1.54, 1.807) is 14.2 Å². The maximum absolute atomic E-state index is 9.09. The highest BCUT2D eigenvalue weighted by atomic mass is 16.6. The fourth-order valence-corrected chi connectivity index (χ4v) is 1.84. The van der Waals surface area contributed by atoms with Gasteiger partial charge in [-0.3, -0.25) is 0 Å². The molecule has 0 bridgehead atoms. The van der Waals surface area contributed by atoms with Crippen LogP contribution in [0.5, 0.6) is 0 Å². The van der Waals surface area contributed by atoms with Crippen molar-refractivity contribution in [3.05, 3.63) is 0 Å². The molecule has 0 aromatic heterocycles. The number of aliphatic hydroxyl groups is 1. The summed E-state index contributed by atoms with van der Waals surface area (Å²) >= 11 is 0. The number of rotatable bonds is 6. The van der Waals surface area contributed by atoms with Crippen LogP contribution in [0.1, 0.15) is 0 Å². The maximum Gasteiger partial charge on any atom is 0.142 e. The molecule has 1 fully saturated rings. The molecule has 1 aliphatic rings. The van der Waals surface area contributed by atoms with Gasteiger partial charge in [0.15, 0.2) is 0 Å². The molecule has 0 aromatic rings. The zero-order valence-electron chi connectivity index (χ0n) is 9.51.